The van der Waals surface area contributed by atoms with Crippen LogP contribution < -0.4 is 0 Å². The Balaban J connectivity index is 1.17. The van der Waals surface area contributed by atoms with E-state index in [0.29, 0.717) is 11.1 Å². The Morgan fingerprint density at radius 3 is 1.65 bits per heavy atom. The number of aliphatic hydroxyl groups is 1. The van der Waals surface area contributed by atoms with Gasteiger partial charge in [-0.15, -0.1) is 11.8 Å². The fourth-order valence-electron chi connectivity index (χ4n) is 4.27. The van der Waals surface area contributed by atoms with Gasteiger partial charge in [0, 0.05) is 6.42 Å². The lowest BCUT2D eigenvalue weighted by Crippen LogP contribution is -2.29. The minimum atomic E-state index is -0.688. The van der Waals surface area contributed by atoms with Gasteiger partial charge in [0.2, 0.25) is 0 Å². The number of carbonyl (C=O) groups is 2. The maximum atomic E-state index is 12.8. The normalized spacial score (nSPS) is 18.8. The molecule has 1 N–H and O–H groups in total. The van der Waals surface area contributed by atoms with E-state index in [1.807, 2.05) is 84.9 Å². The number of thioether (sulfide) groups is 1. The third kappa shape index (κ3) is 6.10. The third-order valence-electron chi connectivity index (χ3n) is 6.27. The van der Waals surface area contributed by atoms with Gasteiger partial charge in [-0.3, -0.25) is 0 Å². The highest BCUT2D eigenvalue weighted by Gasteiger charge is 2.38. The number of esters is 2. The number of benzene rings is 4. The van der Waals surface area contributed by atoms with Gasteiger partial charge in [-0.05, 0) is 46.5 Å². The summed E-state index contributed by atoms with van der Waals surface area (Å²) in [5.74, 6) is -0.921. The molecule has 0 aromatic heterocycles. The standard InChI is InChI=1S/C31H26O5S/c32-29-19-27(36-31(34)26-17-13-24(14-18-26)22-9-5-2-6-10-22)28(37-29)20-35-30(33)25-15-11-23(12-16-25)21-7-3-1-4-8-21/h1-18,27-29,32H,19-20H2/t27-,28-,29?/m0/s1. The predicted molar refractivity (Wildman–Crippen MR) is 145 cm³/mol. The summed E-state index contributed by atoms with van der Waals surface area (Å²) < 4.78 is 11.2. The molecule has 6 heteroatoms. The van der Waals surface area contributed by atoms with Gasteiger partial charge in [0.25, 0.3) is 0 Å². The molecule has 0 bridgehead atoms. The maximum Gasteiger partial charge on any atom is 0.338 e. The molecule has 1 unspecified atom stereocenters. The topological polar surface area (TPSA) is 72.8 Å². The van der Waals surface area contributed by atoms with Crippen LogP contribution in [-0.2, 0) is 9.47 Å². The van der Waals surface area contributed by atoms with E-state index in [0.717, 1.165) is 22.3 Å². The molecule has 1 heterocycles. The molecule has 37 heavy (non-hydrogen) atoms. The van der Waals surface area contributed by atoms with Crippen LogP contribution in [0, 0.1) is 0 Å². The van der Waals surface area contributed by atoms with E-state index in [-0.39, 0.29) is 18.3 Å². The summed E-state index contributed by atoms with van der Waals surface area (Å²) in [4.78, 5) is 25.4. The largest absolute Gasteiger partial charge is 0.461 e. The first-order valence-corrected chi connectivity index (χ1v) is 13.0. The highest BCUT2D eigenvalue weighted by molar-refractivity contribution is 8.00. The first-order chi connectivity index (χ1) is 18.1. The van der Waals surface area contributed by atoms with E-state index in [1.54, 1.807) is 24.3 Å². The molecule has 0 saturated carbocycles. The average molecular weight is 511 g/mol. The van der Waals surface area contributed by atoms with Crippen molar-refractivity contribution in [3.63, 3.8) is 0 Å². The molecule has 186 valence electrons. The van der Waals surface area contributed by atoms with Gasteiger partial charge in [0.1, 0.15) is 18.1 Å². The van der Waals surface area contributed by atoms with Crippen LogP contribution in [0.25, 0.3) is 22.3 Å². The molecule has 0 aliphatic carbocycles. The Labute approximate surface area is 220 Å². The van der Waals surface area contributed by atoms with Crippen LogP contribution in [0.2, 0.25) is 0 Å². The van der Waals surface area contributed by atoms with E-state index in [4.69, 9.17) is 9.47 Å². The van der Waals surface area contributed by atoms with E-state index >= 15 is 0 Å². The van der Waals surface area contributed by atoms with E-state index in [1.165, 1.54) is 11.8 Å². The maximum absolute atomic E-state index is 12.8. The van der Waals surface area contributed by atoms with Crippen LogP contribution in [0.4, 0.5) is 0 Å². The minimum Gasteiger partial charge on any atom is -0.461 e. The third-order valence-corrected chi connectivity index (χ3v) is 7.57. The lowest BCUT2D eigenvalue weighted by Gasteiger charge is -2.19. The second kappa shape index (κ2) is 11.5. The Morgan fingerprint density at radius 2 is 1.14 bits per heavy atom. The molecule has 5 nitrogen and oxygen atoms in total. The smallest absolute Gasteiger partial charge is 0.338 e. The van der Waals surface area contributed by atoms with Crippen molar-refractivity contribution in [2.45, 2.75) is 23.2 Å². The van der Waals surface area contributed by atoms with Crippen LogP contribution >= 0.6 is 11.8 Å². The van der Waals surface area contributed by atoms with E-state index in [9.17, 15) is 14.7 Å². The first kappa shape index (κ1) is 24.8. The Kier molecular flexibility index (Phi) is 7.68. The summed E-state index contributed by atoms with van der Waals surface area (Å²) in [5, 5.41) is 9.82. The molecule has 5 rings (SSSR count). The van der Waals surface area contributed by atoms with Crippen LogP contribution in [0.15, 0.2) is 109 Å². The van der Waals surface area contributed by atoms with Crippen LogP contribution in [0.1, 0.15) is 27.1 Å². The molecule has 0 amide bonds. The fraction of sp³-hybridized carbons (Fsp3) is 0.161. The van der Waals surface area contributed by atoms with Crippen molar-refractivity contribution in [2.24, 2.45) is 0 Å². The zero-order chi connectivity index (χ0) is 25.6. The predicted octanol–water partition coefficient (Wildman–Crippen LogP) is 6.23. The second-order valence-corrected chi connectivity index (χ2v) is 10.2. The molecular weight excluding hydrogens is 484 g/mol. The van der Waals surface area contributed by atoms with Gasteiger partial charge in [-0.2, -0.15) is 0 Å². The zero-order valence-corrected chi connectivity index (χ0v) is 20.8. The molecule has 0 spiro atoms. The quantitative estimate of drug-likeness (QED) is 0.297. The second-order valence-electron chi connectivity index (χ2n) is 8.79. The van der Waals surface area contributed by atoms with Crippen LogP contribution in [0.5, 0.6) is 0 Å². The summed E-state index contributed by atoms with van der Waals surface area (Å²) >= 11 is 1.25. The fourth-order valence-corrected chi connectivity index (χ4v) is 5.46. The summed E-state index contributed by atoms with van der Waals surface area (Å²) in [6.07, 6.45) is -0.276. The number of carbonyl (C=O) groups excluding carboxylic acids is 2. The van der Waals surface area contributed by atoms with Gasteiger partial charge in [0.15, 0.2) is 0 Å². The molecule has 0 radical (unpaired) electrons. The van der Waals surface area contributed by atoms with E-state index < -0.39 is 23.5 Å². The molecule has 1 aliphatic heterocycles. The van der Waals surface area contributed by atoms with Crippen molar-refractivity contribution in [1.82, 2.24) is 0 Å². The summed E-state index contributed by atoms with van der Waals surface area (Å²) in [5.41, 5.74) is 4.33. The van der Waals surface area contributed by atoms with Crippen LogP contribution in [0.3, 0.4) is 0 Å². The molecule has 1 aliphatic rings. The minimum absolute atomic E-state index is 0.0336. The molecule has 4 aromatic rings. The first-order valence-electron chi connectivity index (χ1n) is 12.1. The van der Waals surface area contributed by atoms with Crippen molar-refractivity contribution in [3.8, 4) is 22.3 Å². The highest BCUT2D eigenvalue weighted by Crippen LogP contribution is 2.35. The van der Waals surface area contributed by atoms with Gasteiger partial charge in [-0.1, -0.05) is 84.9 Å². The van der Waals surface area contributed by atoms with Crippen LogP contribution in [-0.4, -0.2) is 40.4 Å². The number of hydrogen-bond acceptors (Lipinski definition) is 6. The Bertz CT molecular complexity index is 1340. The van der Waals surface area contributed by atoms with E-state index in [2.05, 4.69) is 0 Å². The molecule has 3 atom stereocenters. The molecule has 1 saturated heterocycles. The molecular formula is C31H26O5S. The van der Waals surface area contributed by atoms with Crippen molar-refractivity contribution in [3.05, 3.63) is 120 Å². The van der Waals surface area contributed by atoms with Gasteiger partial charge >= 0.3 is 11.9 Å². The van der Waals surface area contributed by atoms with Gasteiger partial charge in [0.05, 0.1) is 16.4 Å². The average Bonchev–Trinajstić information content (AvgIpc) is 3.31. The number of aliphatic hydroxyl groups excluding tert-OH is 1. The number of ether oxygens (including phenoxy) is 2. The Morgan fingerprint density at radius 1 is 0.676 bits per heavy atom. The van der Waals surface area contributed by atoms with Gasteiger partial charge < -0.3 is 14.6 Å². The summed E-state index contributed by atoms with van der Waals surface area (Å²) in [6, 6.07) is 34.3. The van der Waals surface area contributed by atoms with Crippen molar-refractivity contribution < 1.29 is 24.2 Å². The van der Waals surface area contributed by atoms with Crippen molar-refractivity contribution in [2.75, 3.05) is 6.61 Å². The summed E-state index contributed by atoms with van der Waals surface area (Å²) in [7, 11) is 0. The van der Waals surface area contributed by atoms with Gasteiger partial charge in [-0.25, -0.2) is 9.59 Å². The van der Waals surface area contributed by atoms with Crippen molar-refractivity contribution in [1.29, 1.82) is 0 Å². The SMILES string of the molecule is O=C(OC[C@@H]1SC(O)C[C@@H]1OC(=O)c1ccc(-c2ccccc2)cc1)c1ccc(-c2ccccc2)cc1. The summed E-state index contributed by atoms with van der Waals surface area (Å²) in [6.45, 7) is 0.0336. The Hall–Kier alpha value is -3.87. The molecule has 4 aromatic carbocycles. The monoisotopic (exact) mass is 510 g/mol. The lowest BCUT2D eigenvalue weighted by molar-refractivity contribution is 0.0178. The van der Waals surface area contributed by atoms with Crippen molar-refractivity contribution >= 4 is 23.7 Å². The zero-order valence-electron chi connectivity index (χ0n) is 20.0. The number of rotatable bonds is 7. The lowest BCUT2D eigenvalue weighted by atomic mass is 10.0. The highest BCUT2D eigenvalue weighted by atomic mass is 32.2. The number of hydrogen-bond donors (Lipinski definition) is 1. The molecule has 1 fully saturated rings.